The molecule has 1 rings (SSSR count). The van der Waals surface area contributed by atoms with E-state index in [4.69, 9.17) is 5.11 Å². The summed E-state index contributed by atoms with van der Waals surface area (Å²) in [5, 5.41) is 8.88. The summed E-state index contributed by atoms with van der Waals surface area (Å²) in [5.74, 6) is 0. The van der Waals surface area contributed by atoms with Crippen LogP contribution in [0.1, 0.15) is 32.1 Å². The number of hydrogen-bond acceptors (Lipinski definition) is 1. The largest absolute Gasteiger partial charge is 0.396 e. The SMILES string of the molecule is OCC1(CC(F)(F)F)CCCC1. The number of hydrogen-bond donors (Lipinski definition) is 1. The minimum absolute atomic E-state index is 0.327. The zero-order chi connectivity index (χ0) is 9.24. The van der Waals surface area contributed by atoms with Gasteiger partial charge in [-0.15, -0.1) is 0 Å². The summed E-state index contributed by atoms with van der Waals surface area (Å²) in [6.07, 6.45) is -2.29. The minimum Gasteiger partial charge on any atom is -0.396 e. The van der Waals surface area contributed by atoms with Crippen LogP contribution in [0.5, 0.6) is 0 Å². The molecular weight excluding hydrogens is 169 g/mol. The van der Waals surface area contributed by atoms with Crippen molar-refractivity contribution in [1.82, 2.24) is 0 Å². The Balaban J connectivity index is 2.55. The lowest BCUT2D eigenvalue weighted by Gasteiger charge is -2.27. The third-order valence-electron chi connectivity index (χ3n) is 2.58. The summed E-state index contributed by atoms with van der Waals surface area (Å²) in [4.78, 5) is 0. The first kappa shape index (κ1) is 9.84. The number of aliphatic hydroxyl groups excluding tert-OH is 1. The topological polar surface area (TPSA) is 20.2 Å². The predicted molar refractivity (Wildman–Crippen MR) is 38.7 cm³/mol. The normalized spacial score (nSPS) is 23.0. The van der Waals surface area contributed by atoms with Crippen molar-refractivity contribution >= 4 is 0 Å². The van der Waals surface area contributed by atoms with Crippen LogP contribution in [0.4, 0.5) is 13.2 Å². The van der Waals surface area contributed by atoms with Gasteiger partial charge in [-0.25, -0.2) is 0 Å². The van der Waals surface area contributed by atoms with Gasteiger partial charge in [0.25, 0.3) is 0 Å². The standard InChI is InChI=1S/C8H13F3O/c9-8(10,11)5-7(6-12)3-1-2-4-7/h12H,1-6H2. The smallest absolute Gasteiger partial charge is 0.389 e. The lowest BCUT2D eigenvalue weighted by atomic mass is 9.83. The van der Waals surface area contributed by atoms with Gasteiger partial charge in [0, 0.05) is 12.0 Å². The molecule has 0 bridgehead atoms. The van der Waals surface area contributed by atoms with E-state index in [1.165, 1.54) is 0 Å². The Bertz CT molecular complexity index is 147. The van der Waals surface area contributed by atoms with E-state index in [9.17, 15) is 13.2 Å². The maximum atomic E-state index is 12.0. The highest BCUT2D eigenvalue weighted by molar-refractivity contribution is 4.86. The molecule has 1 aliphatic rings. The first-order valence-corrected chi connectivity index (χ1v) is 4.15. The predicted octanol–water partition coefficient (Wildman–Crippen LogP) is 2.49. The van der Waals surface area contributed by atoms with Crippen molar-refractivity contribution in [3.05, 3.63) is 0 Å². The Kier molecular flexibility index (Phi) is 2.66. The van der Waals surface area contributed by atoms with Crippen LogP contribution in [0.3, 0.4) is 0 Å². The van der Waals surface area contributed by atoms with Crippen molar-refractivity contribution in [2.24, 2.45) is 5.41 Å². The maximum Gasteiger partial charge on any atom is 0.389 e. The number of alkyl halides is 3. The first-order valence-electron chi connectivity index (χ1n) is 4.15. The van der Waals surface area contributed by atoms with Gasteiger partial charge < -0.3 is 5.11 Å². The van der Waals surface area contributed by atoms with Crippen LogP contribution < -0.4 is 0 Å². The van der Waals surface area contributed by atoms with Crippen molar-refractivity contribution in [3.8, 4) is 0 Å². The molecule has 1 fully saturated rings. The van der Waals surface area contributed by atoms with Gasteiger partial charge in [0.1, 0.15) is 0 Å². The quantitative estimate of drug-likeness (QED) is 0.695. The molecular formula is C8H13F3O. The Hall–Kier alpha value is -0.250. The zero-order valence-electron chi connectivity index (χ0n) is 6.82. The molecule has 1 N–H and O–H groups in total. The fourth-order valence-electron chi connectivity index (χ4n) is 1.94. The summed E-state index contributed by atoms with van der Waals surface area (Å²) in [5.41, 5.74) is -0.849. The molecule has 0 aromatic heterocycles. The van der Waals surface area contributed by atoms with Crippen LogP contribution in [-0.4, -0.2) is 17.9 Å². The van der Waals surface area contributed by atoms with E-state index in [0.717, 1.165) is 12.8 Å². The number of halogens is 3. The molecule has 0 unspecified atom stereocenters. The summed E-state index contributed by atoms with van der Waals surface area (Å²) in [6.45, 7) is -0.327. The second-order valence-corrected chi connectivity index (χ2v) is 3.66. The highest BCUT2D eigenvalue weighted by Gasteiger charge is 2.43. The maximum absolute atomic E-state index is 12.0. The molecule has 0 aromatic carbocycles. The molecule has 0 atom stereocenters. The zero-order valence-corrected chi connectivity index (χ0v) is 6.82. The first-order chi connectivity index (χ1) is 5.47. The Morgan fingerprint density at radius 3 is 2.00 bits per heavy atom. The van der Waals surface area contributed by atoms with Gasteiger partial charge in [0.2, 0.25) is 0 Å². The van der Waals surface area contributed by atoms with Gasteiger partial charge in [-0.1, -0.05) is 12.8 Å². The van der Waals surface area contributed by atoms with E-state index in [-0.39, 0.29) is 6.61 Å². The second kappa shape index (κ2) is 3.24. The van der Waals surface area contributed by atoms with Crippen molar-refractivity contribution < 1.29 is 18.3 Å². The molecule has 1 saturated carbocycles. The van der Waals surface area contributed by atoms with Gasteiger partial charge >= 0.3 is 6.18 Å². The molecule has 1 nitrogen and oxygen atoms in total. The molecule has 0 radical (unpaired) electrons. The van der Waals surface area contributed by atoms with Gasteiger partial charge in [0.05, 0.1) is 6.42 Å². The Morgan fingerprint density at radius 2 is 1.67 bits per heavy atom. The summed E-state index contributed by atoms with van der Waals surface area (Å²) < 4.78 is 36.1. The van der Waals surface area contributed by atoms with Gasteiger partial charge in [-0.3, -0.25) is 0 Å². The van der Waals surface area contributed by atoms with E-state index >= 15 is 0 Å². The van der Waals surface area contributed by atoms with Gasteiger partial charge in [0.15, 0.2) is 0 Å². The lowest BCUT2D eigenvalue weighted by Crippen LogP contribution is -2.28. The van der Waals surface area contributed by atoms with E-state index in [2.05, 4.69) is 0 Å². The molecule has 0 aliphatic heterocycles. The molecule has 12 heavy (non-hydrogen) atoms. The molecule has 1 aliphatic carbocycles. The monoisotopic (exact) mass is 182 g/mol. The highest BCUT2D eigenvalue weighted by atomic mass is 19.4. The third kappa shape index (κ3) is 2.37. The van der Waals surface area contributed by atoms with Crippen LogP contribution in [0.25, 0.3) is 0 Å². The molecule has 4 heteroatoms. The average molecular weight is 182 g/mol. The Labute approximate surface area is 69.6 Å². The molecule has 0 saturated heterocycles. The summed E-state index contributed by atoms with van der Waals surface area (Å²) >= 11 is 0. The van der Waals surface area contributed by atoms with E-state index < -0.39 is 18.0 Å². The van der Waals surface area contributed by atoms with Crippen LogP contribution in [0.2, 0.25) is 0 Å². The van der Waals surface area contributed by atoms with Crippen LogP contribution in [0.15, 0.2) is 0 Å². The van der Waals surface area contributed by atoms with Crippen molar-refractivity contribution in [2.45, 2.75) is 38.3 Å². The highest BCUT2D eigenvalue weighted by Crippen LogP contribution is 2.45. The van der Waals surface area contributed by atoms with Crippen molar-refractivity contribution in [2.75, 3.05) is 6.61 Å². The van der Waals surface area contributed by atoms with Gasteiger partial charge in [-0.2, -0.15) is 13.2 Å². The van der Waals surface area contributed by atoms with Crippen molar-refractivity contribution in [1.29, 1.82) is 0 Å². The molecule has 72 valence electrons. The molecule has 0 spiro atoms. The van der Waals surface area contributed by atoms with Crippen LogP contribution >= 0.6 is 0 Å². The summed E-state index contributed by atoms with van der Waals surface area (Å²) in [6, 6.07) is 0. The summed E-state index contributed by atoms with van der Waals surface area (Å²) in [7, 11) is 0. The lowest BCUT2D eigenvalue weighted by molar-refractivity contribution is -0.163. The average Bonchev–Trinajstić information content (AvgIpc) is 2.34. The number of aliphatic hydroxyl groups is 1. The fourth-order valence-corrected chi connectivity index (χ4v) is 1.94. The molecule has 0 amide bonds. The number of rotatable bonds is 2. The van der Waals surface area contributed by atoms with E-state index in [1.54, 1.807) is 0 Å². The van der Waals surface area contributed by atoms with Crippen LogP contribution in [-0.2, 0) is 0 Å². The van der Waals surface area contributed by atoms with Gasteiger partial charge in [-0.05, 0) is 12.8 Å². The van der Waals surface area contributed by atoms with Crippen LogP contribution in [0, 0.1) is 5.41 Å². The second-order valence-electron chi connectivity index (χ2n) is 3.66. The Morgan fingerprint density at radius 1 is 1.17 bits per heavy atom. The third-order valence-corrected chi connectivity index (χ3v) is 2.58. The molecule has 0 aromatic rings. The minimum atomic E-state index is -4.13. The van der Waals surface area contributed by atoms with E-state index in [0.29, 0.717) is 12.8 Å². The molecule has 0 heterocycles. The van der Waals surface area contributed by atoms with E-state index in [1.807, 2.05) is 0 Å². The van der Waals surface area contributed by atoms with Crippen molar-refractivity contribution in [3.63, 3.8) is 0 Å². The fraction of sp³-hybridized carbons (Fsp3) is 1.00.